The largest absolute Gasteiger partial charge is 0.356 e. The fourth-order valence-corrected chi connectivity index (χ4v) is 3.23. The molecular weight excluding hydrogens is 430 g/mol. The fraction of sp³-hybridized carbons (Fsp3) is 0.632. The quantitative estimate of drug-likeness (QED) is 0.354. The third-order valence-electron chi connectivity index (χ3n) is 5.11. The average Bonchev–Trinajstić information content (AvgIpc) is 3.37. The van der Waals surface area contributed by atoms with Gasteiger partial charge in [-0.25, -0.2) is 4.39 Å². The zero-order chi connectivity index (χ0) is 17.6. The Hall–Kier alpha value is -0.890. The van der Waals surface area contributed by atoms with E-state index in [1.54, 1.807) is 19.2 Å². The molecule has 0 aromatic heterocycles. The van der Waals surface area contributed by atoms with Crippen molar-refractivity contribution in [3.05, 3.63) is 35.6 Å². The van der Waals surface area contributed by atoms with Gasteiger partial charge in [-0.3, -0.25) is 9.89 Å². The van der Waals surface area contributed by atoms with Gasteiger partial charge < -0.3 is 10.6 Å². The number of nitrogens with one attached hydrogen (secondary N) is 2. The van der Waals surface area contributed by atoms with Crippen molar-refractivity contribution in [3.8, 4) is 0 Å². The zero-order valence-electron chi connectivity index (χ0n) is 15.8. The average molecular weight is 462 g/mol. The molecule has 0 amide bonds. The van der Waals surface area contributed by atoms with Crippen molar-refractivity contribution >= 4 is 29.9 Å². The lowest BCUT2D eigenvalue weighted by atomic mass is 9.96. The number of aliphatic imine (C=N–C) groups is 1. The highest BCUT2D eigenvalue weighted by molar-refractivity contribution is 14.0. The molecule has 142 valence electrons. The summed E-state index contributed by atoms with van der Waals surface area (Å²) in [6, 6.07) is 7.44. The molecule has 0 heterocycles. The number of hydrogen-bond donors (Lipinski definition) is 2. The van der Waals surface area contributed by atoms with Crippen LogP contribution in [0.3, 0.4) is 0 Å². The standard InChI is InChI=1S/C19H31FN4.HI/c1-5-24(6-2)15(3)13-22-18(21-4)23-14-19(10-11-19)16-8-7-9-17(20)12-16;/h7-9,12,15H,5-6,10-11,13-14H2,1-4H3,(H2,21,22,23);1H. The molecule has 1 unspecified atom stereocenters. The number of rotatable bonds is 8. The van der Waals surface area contributed by atoms with Gasteiger partial charge in [0, 0.05) is 31.6 Å². The number of likely N-dealkylation sites (N-methyl/N-ethyl adjacent to an activating group) is 1. The number of benzene rings is 1. The molecule has 0 aliphatic heterocycles. The Morgan fingerprint density at radius 1 is 1.28 bits per heavy atom. The highest BCUT2D eigenvalue weighted by atomic mass is 127. The molecule has 2 rings (SSSR count). The molecule has 0 spiro atoms. The topological polar surface area (TPSA) is 39.7 Å². The first-order valence-electron chi connectivity index (χ1n) is 8.99. The van der Waals surface area contributed by atoms with Crippen molar-refractivity contribution in [1.29, 1.82) is 0 Å². The molecule has 0 saturated heterocycles. The summed E-state index contributed by atoms with van der Waals surface area (Å²) >= 11 is 0. The van der Waals surface area contributed by atoms with Crippen LogP contribution in [-0.4, -0.2) is 50.1 Å². The molecule has 0 bridgehead atoms. The van der Waals surface area contributed by atoms with E-state index in [1.165, 1.54) is 6.07 Å². The Balaban J connectivity index is 0.00000312. The number of halogens is 2. The molecule has 2 N–H and O–H groups in total. The monoisotopic (exact) mass is 462 g/mol. The SMILES string of the molecule is CCN(CC)C(C)CNC(=NC)NCC1(c2cccc(F)c2)CC1.I. The summed E-state index contributed by atoms with van der Waals surface area (Å²) in [5.41, 5.74) is 1.14. The number of nitrogens with zero attached hydrogens (tertiary/aromatic N) is 2. The summed E-state index contributed by atoms with van der Waals surface area (Å²) in [7, 11) is 1.79. The van der Waals surface area contributed by atoms with Crippen molar-refractivity contribution in [1.82, 2.24) is 15.5 Å². The van der Waals surface area contributed by atoms with Gasteiger partial charge in [0.1, 0.15) is 5.82 Å². The molecule has 25 heavy (non-hydrogen) atoms. The fourth-order valence-electron chi connectivity index (χ4n) is 3.23. The lowest BCUT2D eigenvalue weighted by Crippen LogP contribution is -2.47. The van der Waals surface area contributed by atoms with Gasteiger partial charge in [0.25, 0.3) is 0 Å². The van der Waals surface area contributed by atoms with E-state index in [4.69, 9.17) is 0 Å². The van der Waals surface area contributed by atoms with Crippen LogP contribution >= 0.6 is 24.0 Å². The Labute approximate surface area is 168 Å². The highest BCUT2D eigenvalue weighted by Crippen LogP contribution is 2.47. The molecule has 6 heteroatoms. The van der Waals surface area contributed by atoms with Gasteiger partial charge in [-0.15, -0.1) is 24.0 Å². The van der Waals surface area contributed by atoms with Gasteiger partial charge in [-0.1, -0.05) is 26.0 Å². The second kappa shape index (κ2) is 10.3. The van der Waals surface area contributed by atoms with Crippen LogP contribution in [0.2, 0.25) is 0 Å². The molecule has 0 radical (unpaired) electrons. The molecule has 1 aromatic rings. The third-order valence-corrected chi connectivity index (χ3v) is 5.11. The van der Waals surface area contributed by atoms with Gasteiger partial charge in [0.05, 0.1) is 0 Å². The van der Waals surface area contributed by atoms with Crippen molar-refractivity contribution in [3.63, 3.8) is 0 Å². The van der Waals surface area contributed by atoms with Crippen molar-refractivity contribution in [2.24, 2.45) is 4.99 Å². The normalized spacial score (nSPS) is 17.0. The maximum absolute atomic E-state index is 13.5. The molecule has 4 nitrogen and oxygen atoms in total. The van der Waals surface area contributed by atoms with Crippen LogP contribution in [0.1, 0.15) is 39.2 Å². The summed E-state index contributed by atoms with van der Waals surface area (Å²) in [5.74, 6) is 0.658. The Morgan fingerprint density at radius 2 is 1.96 bits per heavy atom. The zero-order valence-corrected chi connectivity index (χ0v) is 18.1. The lowest BCUT2D eigenvalue weighted by Gasteiger charge is -2.27. The van der Waals surface area contributed by atoms with Gasteiger partial charge in [-0.05, 0) is 50.6 Å². The first-order chi connectivity index (χ1) is 11.5. The molecule has 1 fully saturated rings. The first-order valence-corrected chi connectivity index (χ1v) is 8.99. The summed E-state index contributed by atoms with van der Waals surface area (Å²) < 4.78 is 13.5. The lowest BCUT2D eigenvalue weighted by molar-refractivity contribution is 0.231. The van der Waals surface area contributed by atoms with E-state index >= 15 is 0 Å². The van der Waals surface area contributed by atoms with Gasteiger partial charge in [0.2, 0.25) is 0 Å². The van der Waals surface area contributed by atoms with Crippen LogP contribution in [0.25, 0.3) is 0 Å². The number of hydrogen-bond acceptors (Lipinski definition) is 2. The van der Waals surface area contributed by atoms with Crippen LogP contribution in [0.4, 0.5) is 4.39 Å². The number of guanidine groups is 1. The van der Waals surface area contributed by atoms with Crippen molar-refractivity contribution in [2.45, 2.75) is 45.1 Å². The van der Waals surface area contributed by atoms with E-state index in [1.807, 2.05) is 6.07 Å². The summed E-state index contributed by atoms with van der Waals surface area (Å²) in [4.78, 5) is 6.73. The van der Waals surface area contributed by atoms with Crippen LogP contribution in [0.5, 0.6) is 0 Å². The van der Waals surface area contributed by atoms with E-state index in [0.29, 0.717) is 6.04 Å². The molecule has 1 atom stereocenters. The van der Waals surface area contributed by atoms with E-state index in [0.717, 1.165) is 50.5 Å². The summed E-state index contributed by atoms with van der Waals surface area (Å²) in [5, 5.41) is 6.82. The van der Waals surface area contributed by atoms with Gasteiger partial charge >= 0.3 is 0 Å². The maximum Gasteiger partial charge on any atom is 0.191 e. The van der Waals surface area contributed by atoms with Crippen LogP contribution in [0, 0.1) is 5.82 Å². The Kier molecular flexibility index (Phi) is 9.13. The maximum atomic E-state index is 13.5. The molecule has 1 aliphatic rings. The molecule has 1 saturated carbocycles. The second-order valence-electron chi connectivity index (χ2n) is 6.67. The summed E-state index contributed by atoms with van der Waals surface area (Å²) in [6.07, 6.45) is 2.19. The minimum Gasteiger partial charge on any atom is -0.356 e. The van der Waals surface area contributed by atoms with E-state index in [2.05, 4.69) is 41.3 Å². The molecule has 1 aromatic carbocycles. The molecular formula is C19H32FIN4. The van der Waals surface area contributed by atoms with Crippen LogP contribution < -0.4 is 10.6 Å². The van der Waals surface area contributed by atoms with Crippen molar-refractivity contribution < 1.29 is 4.39 Å². The third kappa shape index (κ3) is 6.09. The smallest absolute Gasteiger partial charge is 0.191 e. The minimum atomic E-state index is -0.158. The van der Waals surface area contributed by atoms with E-state index in [-0.39, 0.29) is 35.2 Å². The molecule has 1 aliphatic carbocycles. The van der Waals surface area contributed by atoms with Gasteiger partial charge in [0.15, 0.2) is 5.96 Å². The van der Waals surface area contributed by atoms with Crippen LogP contribution in [0.15, 0.2) is 29.3 Å². The first kappa shape index (κ1) is 22.2. The van der Waals surface area contributed by atoms with Crippen molar-refractivity contribution in [2.75, 3.05) is 33.2 Å². The minimum absolute atomic E-state index is 0. The Morgan fingerprint density at radius 3 is 2.48 bits per heavy atom. The highest BCUT2D eigenvalue weighted by Gasteiger charge is 2.44. The Bertz CT molecular complexity index is 556. The van der Waals surface area contributed by atoms with Gasteiger partial charge in [-0.2, -0.15) is 0 Å². The second-order valence-corrected chi connectivity index (χ2v) is 6.67. The van der Waals surface area contributed by atoms with E-state index < -0.39 is 0 Å². The summed E-state index contributed by atoms with van der Waals surface area (Å²) in [6.45, 7) is 10.3. The predicted molar refractivity (Wildman–Crippen MR) is 114 cm³/mol. The predicted octanol–water partition coefficient (Wildman–Crippen LogP) is 3.37. The van der Waals surface area contributed by atoms with E-state index in [9.17, 15) is 4.39 Å². The van der Waals surface area contributed by atoms with Crippen LogP contribution in [-0.2, 0) is 5.41 Å².